The minimum Gasteiger partial charge on any atom is -0.409 e. The molecule has 0 amide bonds. The van der Waals surface area contributed by atoms with E-state index >= 15 is 0 Å². The molecule has 0 atom stereocenters. The average molecular weight is 290 g/mol. The maximum atomic E-state index is 12.5. The molecule has 3 N–H and O–H groups in total. The van der Waals surface area contributed by atoms with Crippen LogP contribution in [0.5, 0.6) is 0 Å². The number of rotatable bonds is 5. The summed E-state index contributed by atoms with van der Waals surface area (Å²) in [6.45, 7) is 2.49. The van der Waals surface area contributed by atoms with Crippen molar-refractivity contribution >= 4 is 5.84 Å². The summed E-state index contributed by atoms with van der Waals surface area (Å²) in [6, 6.07) is 2.83. The first-order valence-corrected chi connectivity index (χ1v) is 5.96. The molecule has 0 saturated heterocycles. The monoisotopic (exact) mass is 290 g/mol. The van der Waals surface area contributed by atoms with E-state index in [1.165, 1.54) is 17.2 Å². The fraction of sp³-hybridized carbons (Fsp3) is 0.500. The predicted molar refractivity (Wildman–Crippen MR) is 68.3 cm³/mol. The van der Waals surface area contributed by atoms with Gasteiger partial charge >= 0.3 is 6.18 Å². The topological polar surface area (TPSA) is 74.7 Å². The molecular weight excluding hydrogens is 273 g/mol. The standard InChI is InChI=1S/C12H17F3N4O/c1-8(2)19(7-12(13,14)15)6-9-3-4-17-10(5-9)11(16)18-20/h3-5,8,20H,6-7H2,1-2H3,(H2,16,18). The van der Waals surface area contributed by atoms with E-state index < -0.39 is 12.7 Å². The van der Waals surface area contributed by atoms with Crippen LogP contribution in [0.25, 0.3) is 0 Å². The summed E-state index contributed by atoms with van der Waals surface area (Å²) in [5, 5.41) is 11.4. The van der Waals surface area contributed by atoms with E-state index in [0.717, 1.165) is 0 Å². The maximum absolute atomic E-state index is 12.5. The van der Waals surface area contributed by atoms with Crippen molar-refractivity contribution in [3.05, 3.63) is 29.6 Å². The Hall–Kier alpha value is -1.83. The molecule has 0 unspecified atom stereocenters. The van der Waals surface area contributed by atoms with Gasteiger partial charge in [-0.15, -0.1) is 0 Å². The third-order valence-electron chi connectivity index (χ3n) is 2.69. The molecule has 1 heterocycles. The van der Waals surface area contributed by atoms with E-state index in [2.05, 4.69) is 10.1 Å². The van der Waals surface area contributed by atoms with Crippen molar-refractivity contribution in [2.75, 3.05) is 6.54 Å². The normalized spacial score (nSPS) is 13.2. The predicted octanol–water partition coefficient (Wildman–Crippen LogP) is 1.95. The molecule has 1 aromatic rings. The lowest BCUT2D eigenvalue weighted by Gasteiger charge is -2.27. The van der Waals surface area contributed by atoms with Crippen molar-refractivity contribution in [2.24, 2.45) is 10.9 Å². The molecule has 0 radical (unpaired) electrons. The Labute approximate surface area is 114 Å². The van der Waals surface area contributed by atoms with Crippen LogP contribution in [0.4, 0.5) is 13.2 Å². The molecule has 0 aliphatic heterocycles. The molecule has 0 aliphatic rings. The first-order valence-electron chi connectivity index (χ1n) is 5.96. The average Bonchev–Trinajstić information content (AvgIpc) is 2.35. The number of aromatic nitrogens is 1. The van der Waals surface area contributed by atoms with Gasteiger partial charge in [-0.25, -0.2) is 0 Å². The maximum Gasteiger partial charge on any atom is 0.401 e. The second kappa shape index (κ2) is 6.56. The quantitative estimate of drug-likeness (QED) is 0.376. The number of hydrogen-bond acceptors (Lipinski definition) is 4. The van der Waals surface area contributed by atoms with Gasteiger partial charge in [0, 0.05) is 18.8 Å². The Morgan fingerprint density at radius 3 is 2.65 bits per heavy atom. The van der Waals surface area contributed by atoms with E-state index in [9.17, 15) is 13.2 Å². The Morgan fingerprint density at radius 1 is 1.50 bits per heavy atom. The molecule has 5 nitrogen and oxygen atoms in total. The fourth-order valence-corrected chi connectivity index (χ4v) is 1.65. The Kier molecular flexibility index (Phi) is 5.32. The highest BCUT2D eigenvalue weighted by atomic mass is 19.4. The largest absolute Gasteiger partial charge is 0.409 e. The molecule has 0 saturated carbocycles. The highest BCUT2D eigenvalue weighted by molar-refractivity contribution is 5.95. The third kappa shape index (κ3) is 5.04. The Morgan fingerprint density at radius 2 is 2.15 bits per heavy atom. The van der Waals surface area contributed by atoms with E-state index in [1.54, 1.807) is 19.9 Å². The first-order chi connectivity index (χ1) is 9.23. The van der Waals surface area contributed by atoms with Crippen LogP contribution in [0.1, 0.15) is 25.1 Å². The Bertz CT molecular complexity index is 474. The second-order valence-corrected chi connectivity index (χ2v) is 4.65. The second-order valence-electron chi connectivity index (χ2n) is 4.65. The molecule has 112 valence electrons. The van der Waals surface area contributed by atoms with Gasteiger partial charge in [0.05, 0.1) is 6.54 Å². The molecule has 8 heteroatoms. The molecule has 0 bridgehead atoms. The van der Waals surface area contributed by atoms with Gasteiger partial charge in [0.2, 0.25) is 0 Å². The van der Waals surface area contributed by atoms with Gasteiger partial charge in [0.15, 0.2) is 5.84 Å². The van der Waals surface area contributed by atoms with Crippen LogP contribution in [-0.2, 0) is 6.54 Å². The number of hydrogen-bond donors (Lipinski definition) is 2. The van der Waals surface area contributed by atoms with Gasteiger partial charge in [0.1, 0.15) is 5.69 Å². The van der Waals surface area contributed by atoms with Gasteiger partial charge in [-0.3, -0.25) is 9.88 Å². The van der Waals surface area contributed by atoms with Crippen molar-refractivity contribution in [1.29, 1.82) is 0 Å². The number of oxime groups is 1. The summed E-state index contributed by atoms with van der Waals surface area (Å²) < 4.78 is 37.5. The number of amidine groups is 1. The SMILES string of the molecule is CC(C)N(Cc1ccnc(C(N)=NO)c1)CC(F)(F)F. The van der Waals surface area contributed by atoms with Crippen LogP contribution in [0, 0.1) is 0 Å². The molecule has 1 aromatic heterocycles. The first kappa shape index (κ1) is 16.2. The van der Waals surface area contributed by atoms with Crippen molar-refractivity contribution < 1.29 is 18.4 Å². The highest BCUT2D eigenvalue weighted by Crippen LogP contribution is 2.20. The van der Waals surface area contributed by atoms with E-state index in [1.807, 2.05) is 0 Å². The van der Waals surface area contributed by atoms with Crippen LogP contribution in [0.3, 0.4) is 0 Å². The molecular formula is C12H17F3N4O. The summed E-state index contributed by atoms with van der Waals surface area (Å²) in [7, 11) is 0. The lowest BCUT2D eigenvalue weighted by atomic mass is 10.2. The summed E-state index contributed by atoms with van der Waals surface area (Å²) in [5.41, 5.74) is 6.23. The zero-order chi connectivity index (χ0) is 15.3. The van der Waals surface area contributed by atoms with Crippen molar-refractivity contribution in [1.82, 2.24) is 9.88 Å². The molecule has 1 rings (SSSR count). The van der Waals surface area contributed by atoms with Crippen LogP contribution in [0.2, 0.25) is 0 Å². The lowest BCUT2D eigenvalue weighted by molar-refractivity contribution is -0.150. The van der Waals surface area contributed by atoms with Crippen LogP contribution in [0.15, 0.2) is 23.5 Å². The summed E-state index contributed by atoms with van der Waals surface area (Å²) in [6.07, 6.45) is -2.85. The summed E-state index contributed by atoms with van der Waals surface area (Å²) in [5.74, 6) is -0.182. The van der Waals surface area contributed by atoms with Crippen LogP contribution >= 0.6 is 0 Å². The number of halogens is 3. The lowest BCUT2D eigenvalue weighted by Crippen LogP contribution is -2.38. The minimum atomic E-state index is -4.26. The number of pyridine rings is 1. The molecule has 20 heavy (non-hydrogen) atoms. The summed E-state index contributed by atoms with van der Waals surface area (Å²) >= 11 is 0. The number of alkyl halides is 3. The highest BCUT2D eigenvalue weighted by Gasteiger charge is 2.31. The smallest absolute Gasteiger partial charge is 0.401 e. The van der Waals surface area contributed by atoms with Gasteiger partial charge in [-0.2, -0.15) is 13.2 Å². The van der Waals surface area contributed by atoms with Crippen LogP contribution in [-0.4, -0.2) is 39.7 Å². The van der Waals surface area contributed by atoms with Crippen LogP contribution < -0.4 is 5.73 Å². The van der Waals surface area contributed by atoms with Gasteiger partial charge in [0.25, 0.3) is 0 Å². The van der Waals surface area contributed by atoms with Gasteiger partial charge in [-0.05, 0) is 31.5 Å². The molecule has 0 aromatic carbocycles. The summed E-state index contributed by atoms with van der Waals surface area (Å²) in [4.78, 5) is 5.16. The van der Waals surface area contributed by atoms with E-state index in [-0.39, 0.29) is 24.1 Å². The van der Waals surface area contributed by atoms with Gasteiger partial charge in [-0.1, -0.05) is 5.16 Å². The third-order valence-corrected chi connectivity index (χ3v) is 2.69. The van der Waals surface area contributed by atoms with Gasteiger partial charge < -0.3 is 10.9 Å². The molecule has 0 aliphatic carbocycles. The zero-order valence-corrected chi connectivity index (χ0v) is 11.2. The van der Waals surface area contributed by atoms with Crippen molar-refractivity contribution in [2.45, 2.75) is 32.6 Å². The van der Waals surface area contributed by atoms with Crippen molar-refractivity contribution in [3.8, 4) is 0 Å². The van der Waals surface area contributed by atoms with E-state index in [4.69, 9.17) is 10.9 Å². The number of nitrogens with two attached hydrogens (primary N) is 1. The van der Waals surface area contributed by atoms with Crippen molar-refractivity contribution in [3.63, 3.8) is 0 Å². The Balaban J connectivity index is 2.89. The molecule has 0 fully saturated rings. The van der Waals surface area contributed by atoms with E-state index in [0.29, 0.717) is 5.56 Å². The molecule has 0 spiro atoms. The minimum absolute atomic E-state index is 0.103. The number of nitrogens with zero attached hydrogens (tertiary/aromatic N) is 3. The zero-order valence-electron chi connectivity index (χ0n) is 11.2. The fourth-order valence-electron chi connectivity index (χ4n) is 1.65.